The van der Waals surface area contributed by atoms with Crippen molar-refractivity contribution in [3.8, 4) is 11.5 Å². The normalized spacial score (nSPS) is 12.0. The van der Waals surface area contributed by atoms with Crippen molar-refractivity contribution in [3.05, 3.63) is 83.2 Å². The predicted molar refractivity (Wildman–Crippen MR) is 132 cm³/mol. The highest BCUT2D eigenvalue weighted by Gasteiger charge is 2.16. The summed E-state index contributed by atoms with van der Waals surface area (Å²) >= 11 is 1.12. The second-order valence-corrected chi connectivity index (χ2v) is 10.6. The van der Waals surface area contributed by atoms with Crippen LogP contribution in [0.1, 0.15) is 17.3 Å². The molecule has 0 bridgehead atoms. The molecule has 4 rings (SSSR count). The third kappa shape index (κ3) is 5.84. The fourth-order valence-electron chi connectivity index (χ4n) is 3.33. The summed E-state index contributed by atoms with van der Waals surface area (Å²) in [5.74, 6) is 0.0841. The lowest BCUT2D eigenvalue weighted by atomic mass is 10.2. The molecule has 0 saturated heterocycles. The van der Waals surface area contributed by atoms with E-state index in [-0.39, 0.29) is 22.8 Å². The van der Waals surface area contributed by atoms with Crippen molar-refractivity contribution in [3.63, 3.8) is 0 Å². The topological polar surface area (TPSA) is 104 Å². The smallest absolute Gasteiger partial charge is 0.326 e. The van der Waals surface area contributed by atoms with Crippen LogP contribution in [0.25, 0.3) is 10.2 Å². The molecule has 10 heteroatoms. The molecule has 0 aliphatic heterocycles. The number of hydrogen-bond acceptors (Lipinski definition) is 7. The second-order valence-electron chi connectivity index (χ2n) is 7.54. The monoisotopic (exact) mass is 510 g/mol. The zero-order valence-corrected chi connectivity index (χ0v) is 20.6. The standard InChI is InChI=1S/C25H22N2O6S2/c1-3-32-23(28)16-27-21-13-12-20(35(2,30)31)15-22(21)34-25(27)26-24(29)17-8-7-11-19(14-17)33-18-9-5-4-6-10-18/h4-15H,3,16H2,1-2H3. The first-order chi connectivity index (χ1) is 16.7. The van der Waals surface area contributed by atoms with Crippen LogP contribution < -0.4 is 9.54 Å². The van der Waals surface area contributed by atoms with Gasteiger partial charge in [0.2, 0.25) is 0 Å². The van der Waals surface area contributed by atoms with Crippen molar-refractivity contribution in [2.24, 2.45) is 4.99 Å². The number of nitrogens with zero attached hydrogens (tertiary/aromatic N) is 2. The molecule has 0 N–H and O–H groups in total. The molecule has 1 aromatic heterocycles. The minimum Gasteiger partial charge on any atom is -0.465 e. The van der Waals surface area contributed by atoms with E-state index in [1.165, 1.54) is 12.1 Å². The van der Waals surface area contributed by atoms with Crippen LogP contribution in [-0.4, -0.2) is 37.7 Å². The number of sulfone groups is 1. The summed E-state index contributed by atoms with van der Waals surface area (Å²) in [4.78, 5) is 29.9. The molecule has 0 radical (unpaired) electrons. The van der Waals surface area contributed by atoms with Crippen LogP contribution >= 0.6 is 11.3 Å². The van der Waals surface area contributed by atoms with Crippen LogP contribution in [0.4, 0.5) is 0 Å². The minimum atomic E-state index is -3.43. The van der Waals surface area contributed by atoms with Gasteiger partial charge in [-0.1, -0.05) is 35.6 Å². The van der Waals surface area contributed by atoms with Crippen LogP contribution in [0.2, 0.25) is 0 Å². The molecule has 1 amide bonds. The summed E-state index contributed by atoms with van der Waals surface area (Å²) in [5, 5.41) is 0. The third-order valence-electron chi connectivity index (χ3n) is 4.93. The maximum Gasteiger partial charge on any atom is 0.326 e. The maximum atomic E-state index is 13.0. The van der Waals surface area contributed by atoms with E-state index in [2.05, 4.69) is 4.99 Å². The van der Waals surface area contributed by atoms with E-state index in [1.54, 1.807) is 54.0 Å². The molecule has 1 heterocycles. The second kappa shape index (κ2) is 10.2. The quantitative estimate of drug-likeness (QED) is 0.345. The van der Waals surface area contributed by atoms with Gasteiger partial charge < -0.3 is 14.0 Å². The zero-order valence-electron chi connectivity index (χ0n) is 19.0. The van der Waals surface area contributed by atoms with Crippen molar-refractivity contribution >= 4 is 43.3 Å². The van der Waals surface area contributed by atoms with Gasteiger partial charge in [-0.25, -0.2) is 8.42 Å². The Morgan fingerprint density at radius 3 is 2.43 bits per heavy atom. The Morgan fingerprint density at radius 1 is 0.971 bits per heavy atom. The van der Waals surface area contributed by atoms with Gasteiger partial charge in [-0.2, -0.15) is 4.99 Å². The van der Waals surface area contributed by atoms with Crippen LogP contribution in [-0.2, 0) is 25.9 Å². The Hall–Kier alpha value is -3.76. The van der Waals surface area contributed by atoms with E-state index in [4.69, 9.17) is 9.47 Å². The fourth-order valence-corrected chi connectivity index (χ4v) is 5.12. The molecule has 8 nitrogen and oxygen atoms in total. The molecule has 0 atom stereocenters. The van der Waals surface area contributed by atoms with Crippen molar-refractivity contribution in [1.29, 1.82) is 0 Å². The Bertz CT molecular complexity index is 1570. The number of para-hydroxylation sites is 1. The maximum absolute atomic E-state index is 13.0. The molecule has 0 unspecified atom stereocenters. The van der Waals surface area contributed by atoms with E-state index in [0.717, 1.165) is 17.6 Å². The van der Waals surface area contributed by atoms with Crippen molar-refractivity contribution in [2.45, 2.75) is 18.4 Å². The average Bonchev–Trinajstić information content (AvgIpc) is 3.15. The van der Waals surface area contributed by atoms with Gasteiger partial charge >= 0.3 is 5.97 Å². The van der Waals surface area contributed by atoms with Gasteiger partial charge in [-0.15, -0.1) is 0 Å². The van der Waals surface area contributed by atoms with Crippen LogP contribution in [0.3, 0.4) is 0 Å². The molecule has 3 aromatic carbocycles. The predicted octanol–water partition coefficient (Wildman–Crippen LogP) is 4.20. The van der Waals surface area contributed by atoms with Gasteiger partial charge in [0.25, 0.3) is 5.91 Å². The summed E-state index contributed by atoms with van der Waals surface area (Å²) in [6.07, 6.45) is 1.12. The lowest BCUT2D eigenvalue weighted by molar-refractivity contribution is -0.143. The third-order valence-corrected chi connectivity index (χ3v) is 7.08. The number of carbonyl (C=O) groups is 2. The first kappa shape index (κ1) is 24.4. The molecule has 0 aliphatic rings. The largest absolute Gasteiger partial charge is 0.465 e. The molecule has 0 fully saturated rings. The number of aromatic nitrogens is 1. The SMILES string of the molecule is CCOC(=O)Cn1c(=NC(=O)c2cccc(Oc3ccccc3)c2)sc2cc(S(C)(=O)=O)ccc21. The first-order valence-corrected chi connectivity index (χ1v) is 13.4. The van der Waals surface area contributed by atoms with Crippen molar-refractivity contribution in [1.82, 2.24) is 4.57 Å². The van der Waals surface area contributed by atoms with Gasteiger partial charge in [-0.3, -0.25) is 9.59 Å². The average molecular weight is 511 g/mol. The summed E-state index contributed by atoms with van der Waals surface area (Å²) in [5.41, 5.74) is 0.874. The lowest BCUT2D eigenvalue weighted by Crippen LogP contribution is -2.23. The highest BCUT2D eigenvalue weighted by atomic mass is 32.2. The summed E-state index contributed by atoms with van der Waals surface area (Å²) in [7, 11) is -3.43. The first-order valence-electron chi connectivity index (χ1n) is 10.7. The van der Waals surface area contributed by atoms with Crippen LogP contribution in [0.15, 0.2) is 82.7 Å². The minimum absolute atomic E-state index is 0.137. The van der Waals surface area contributed by atoms with E-state index >= 15 is 0 Å². The molecular weight excluding hydrogens is 488 g/mol. The Labute approximate surface area is 206 Å². The van der Waals surface area contributed by atoms with Gasteiger partial charge in [0, 0.05) is 11.8 Å². The van der Waals surface area contributed by atoms with Gasteiger partial charge in [0.05, 0.1) is 21.7 Å². The number of hydrogen-bond donors (Lipinski definition) is 0. The Morgan fingerprint density at radius 2 is 1.71 bits per heavy atom. The molecule has 0 spiro atoms. The molecule has 35 heavy (non-hydrogen) atoms. The number of benzene rings is 3. The van der Waals surface area contributed by atoms with E-state index in [9.17, 15) is 18.0 Å². The lowest BCUT2D eigenvalue weighted by Gasteiger charge is -2.07. The zero-order chi connectivity index (χ0) is 25.0. The number of rotatable bonds is 7. The van der Waals surface area contributed by atoms with E-state index in [0.29, 0.717) is 27.3 Å². The molecule has 0 saturated carbocycles. The van der Waals surface area contributed by atoms with Gasteiger partial charge in [-0.05, 0) is 55.5 Å². The van der Waals surface area contributed by atoms with Crippen molar-refractivity contribution < 1.29 is 27.5 Å². The van der Waals surface area contributed by atoms with E-state index < -0.39 is 21.7 Å². The number of amides is 1. The number of carbonyl (C=O) groups excluding carboxylic acids is 2. The van der Waals surface area contributed by atoms with Crippen molar-refractivity contribution in [2.75, 3.05) is 12.9 Å². The highest BCUT2D eigenvalue weighted by molar-refractivity contribution is 7.90. The number of ether oxygens (including phenoxy) is 2. The van der Waals surface area contributed by atoms with Gasteiger partial charge in [0.15, 0.2) is 14.6 Å². The fraction of sp³-hybridized carbons (Fsp3) is 0.160. The van der Waals surface area contributed by atoms with E-state index in [1.807, 2.05) is 18.2 Å². The van der Waals surface area contributed by atoms with Crippen LogP contribution in [0, 0.1) is 0 Å². The Kier molecular flexibility index (Phi) is 7.13. The summed E-state index contributed by atoms with van der Waals surface area (Å²) < 4.78 is 37.0. The molecule has 180 valence electrons. The number of thiazole rings is 1. The summed E-state index contributed by atoms with van der Waals surface area (Å²) in [6, 6.07) is 20.4. The number of fused-ring (bicyclic) bond motifs is 1. The molecule has 4 aromatic rings. The highest BCUT2D eigenvalue weighted by Crippen LogP contribution is 2.24. The van der Waals surface area contributed by atoms with Gasteiger partial charge in [0.1, 0.15) is 18.0 Å². The summed E-state index contributed by atoms with van der Waals surface area (Å²) in [6.45, 7) is 1.74. The number of esters is 1. The molecule has 0 aliphatic carbocycles. The van der Waals surface area contributed by atoms with Crippen LogP contribution in [0.5, 0.6) is 11.5 Å². The molecular formula is C25H22N2O6S2. The Balaban J connectivity index is 1.75.